The van der Waals surface area contributed by atoms with Gasteiger partial charge in [-0.15, -0.1) is 11.3 Å². The first-order valence-electron chi connectivity index (χ1n) is 5.97. The summed E-state index contributed by atoms with van der Waals surface area (Å²) in [6, 6.07) is 0. The van der Waals surface area contributed by atoms with Crippen LogP contribution in [0.4, 0.5) is 0 Å². The lowest BCUT2D eigenvalue weighted by atomic mass is 9.92. The van der Waals surface area contributed by atoms with Crippen molar-refractivity contribution >= 4 is 33.9 Å². The molecule has 0 amide bonds. The standard InChI is InChI=1S/C13H16IN3OS/c1-7-6-19-9(15-7)5-8-16-11(13(2,3)4)10(14)12(18)17-8/h6H,5H2,1-4H3,(H,16,17,18). The van der Waals surface area contributed by atoms with E-state index in [4.69, 9.17) is 0 Å². The maximum absolute atomic E-state index is 12.0. The molecule has 2 heterocycles. The third kappa shape index (κ3) is 3.42. The number of aryl methyl sites for hydroxylation is 1. The summed E-state index contributed by atoms with van der Waals surface area (Å²) in [4.78, 5) is 23.8. The molecule has 6 heteroatoms. The van der Waals surface area contributed by atoms with E-state index >= 15 is 0 Å². The quantitative estimate of drug-likeness (QED) is 0.804. The van der Waals surface area contributed by atoms with Crippen LogP contribution >= 0.6 is 33.9 Å². The molecule has 1 N–H and O–H groups in total. The average Bonchev–Trinajstić information content (AvgIpc) is 2.67. The Morgan fingerprint density at radius 3 is 2.58 bits per heavy atom. The fourth-order valence-electron chi connectivity index (χ4n) is 1.71. The third-order valence-electron chi connectivity index (χ3n) is 2.61. The molecule has 2 rings (SSSR count). The van der Waals surface area contributed by atoms with Gasteiger partial charge in [-0.1, -0.05) is 20.8 Å². The van der Waals surface area contributed by atoms with E-state index in [0.717, 1.165) is 16.4 Å². The van der Waals surface area contributed by atoms with Gasteiger partial charge in [0.15, 0.2) is 0 Å². The van der Waals surface area contributed by atoms with Crippen molar-refractivity contribution < 1.29 is 0 Å². The highest BCUT2D eigenvalue weighted by molar-refractivity contribution is 14.1. The topological polar surface area (TPSA) is 58.6 Å². The zero-order chi connectivity index (χ0) is 14.2. The van der Waals surface area contributed by atoms with Gasteiger partial charge in [-0.25, -0.2) is 9.97 Å². The fraction of sp³-hybridized carbons (Fsp3) is 0.462. The van der Waals surface area contributed by atoms with Gasteiger partial charge in [0, 0.05) is 16.5 Å². The smallest absolute Gasteiger partial charge is 0.264 e. The second-order valence-electron chi connectivity index (χ2n) is 5.48. The molecule has 0 bridgehead atoms. The number of halogens is 1. The van der Waals surface area contributed by atoms with E-state index in [1.165, 1.54) is 0 Å². The summed E-state index contributed by atoms with van der Waals surface area (Å²) in [6.45, 7) is 8.15. The Morgan fingerprint density at radius 1 is 1.37 bits per heavy atom. The lowest BCUT2D eigenvalue weighted by Gasteiger charge is -2.19. The summed E-state index contributed by atoms with van der Waals surface area (Å²) in [5, 5.41) is 2.98. The Bertz CT molecular complexity index is 655. The van der Waals surface area contributed by atoms with Crippen molar-refractivity contribution in [1.82, 2.24) is 15.0 Å². The minimum absolute atomic E-state index is 0.0659. The zero-order valence-electron chi connectivity index (χ0n) is 11.4. The third-order valence-corrected chi connectivity index (χ3v) is 4.57. The maximum atomic E-state index is 12.0. The van der Waals surface area contributed by atoms with E-state index < -0.39 is 0 Å². The van der Waals surface area contributed by atoms with Crippen LogP contribution in [0, 0.1) is 10.5 Å². The molecule has 0 atom stereocenters. The van der Waals surface area contributed by atoms with Gasteiger partial charge in [0.2, 0.25) is 0 Å². The summed E-state index contributed by atoms with van der Waals surface area (Å²) >= 11 is 3.66. The lowest BCUT2D eigenvalue weighted by molar-refractivity contribution is 0.556. The molecular weight excluding hydrogens is 373 g/mol. The molecule has 0 saturated heterocycles. The minimum atomic E-state index is -0.141. The van der Waals surface area contributed by atoms with Gasteiger partial charge < -0.3 is 4.98 Å². The number of thiazole rings is 1. The molecule has 2 aromatic rings. The number of nitrogens with zero attached hydrogens (tertiary/aromatic N) is 2. The summed E-state index contributed by atoms with van der Waals surface area (Å²) in [5.41, 5.74) is 1.64. The van der Waals surface area contributed by atoms with E-state index in [2.05, 4.69) is 58.3 Å². The molecule has 0 aromatic carbocycles. The lowest BCUT2D eigenvalue weighted by Crippen LogP contribution is -2.25. The van der Waals surface area contributed by atoms with Gasteiger partial charge in [0.25, 0.3) is 5.56 Å². The van der Waals surface area contributed by atoms with E-state index in [1.807, 2.05) is 12.3 Å². The molecule has 0 aliphatic rings. The normalized spacial score (nSPS) is 11.8. The van der Waals surface area contributed by atoms with Crippen molar-refractivity contribution in [2.75, 3.05) is 0 Å². The van der Waals surface area contributed by atoms with Crippen molar-refractivity contribution in [3.05, 3.63) is 41.5 Å². The van der Waals surface area contributed by atoms with Crippen LogP contribution in [-0.4, -0.2) is 15.0 Å². The Kier molecular flexibility index (Phi) is 4.10. The van der Waals surface area contributed by atoms with Gasteiger partial charge >= 0.3 is 0 Å². The van der Waals surface area contributed by atoms with Crippen LogP contribution in [0.25, 0.3) is 0 Å². The van der Waals surface area contributed by atoms with E-state index in [1.54, 1.807) is 11.3 Å². The molecule has 0 fully saturated rings. The van der Waals surface area contributed by atoms with Crippen molar-refractivity contribution in [2.45, 2.75) is 39.5 Å². The molecular formula is C13H16IN3OS. The molecule has 19 heavy (non-hydrogen) atoms. The number of hydrogen-bond donors (Lipinski definition) is 1. The zero-order valence-corrected chi connectivity index (χ0v) is 14.3. The average molecular weight is 389 g/mol. The van der Waals surface area contributed by atoms with E-state index in [-0.39, 0.29) is 11.0 Å². The van der Waals surface area contributed by atoms with Crippen LogP contribution < -0.4 is 5.56 Å². The second-order valence-corrected chi connectivity index (χ2v) is 7.51. The van der Waals surface area contributed by atoms with Gasteiger partial charge in [0.05, 0.1) is 12.1 Å². The van der Waals surface area contributed by atoms with Crippen LogP contribution in [-0.2, 0) is 11.8 Å². The summed E-state index contributed by atoms with van der Waals surface area (Å²) in [7, 11) is 0. The van der Waals surface area contributed by atoms with Crippen LogP contribution in [0.15, 0.2) is 10.2 Å². The molecule has 0 aliphatic heterocycles. The van der Waals surface area contributed by atoms with Gasteiger partial charge in [-0.2, -0.15) is 0 Å². The van der Waals surface area contributed by atoms with E-state index in [9.17, 15) is 4.79 Å². The molecule has 0 radical (unpaired) electrons. The van der Waals surface area contributed by atoms with Crippen molar-refractivity contribution in [3.8, 4) is 0 Å². The van der Waals surface area contributed by atoms with E-state index in [0.29, 0.717) is 15.8 Å². The Balaban J connectivity index is 2.43. The monoisotopic (exact) mass is 389 g/mol. The fourth-order valence-corrected chi connectivity index (χ4v) is 3.55. The Hall–Kier alpha value is -0.760. The highest BCUT2D eigenvalue weighted by Gasteiger charge is 2.22. The number of aromatic amines is 1. The number of nitrogens with one attached hydrogen (secondary N) is 1. The Labute approximate surface area is 129 Å². The van der Waals surface area contributed by atoms with Gasteiger partial charge in [-0.3, -0.25) is 4.79 Å². The Morgan fingerprint density at radius 2 is 2.05 bits per heavy atom. The molecule has 4 nitrogen and oxygen atoms in total. The highest BCUT2D eigenvalue weighted by Crippen LogP contribution is 2.23. The first-order chi connectivity index (χ1) is 8.77. The van der Waals surface area contributed by atoms with Crippen molar-refractivity contribution in [2.24, 2.45) is 0 Å². The minimum Gasteiger partial charge on any atom is -0.309 e. The summed E-state index contributed by atoms with van der Waals surface area (Å²) in [6.07, 6.45) is 0.577. The highest BCUT2D eigenvalue weighted by atomic mass is 127. The SMILES string of the molecule is Cc1csc(Cc2nc(C(C)(C)C)c(I)c(=O)[nH]2)n1. The predicted molar refractivity (Wildman–Crippen MR) is 85.9 cm³/mol. The second kappa shape index (κ2) is 5.32. The first-order valence-corrected chi connectivity index (χ1v) is 7.93. The number of rotatable bonds is 2. The number of aromatic nitrogens is 3. The molecule has 2 aromatic heterocycles. The molecule has 0 saturated carbocycles. The predicted octanol–water partition coefficient (Wildman–Crippen LogP) is 3.03. The molecule has 0 aliphatic carbocycles. The molecule has 102 valence electrons. The largest absolute Gasteiger partial charge is 0.309 e. The van der Waals surface area contributed by atoms with Crippen LogP contribution in [0.5, 0.6) is 0 Å². The number of H-pyrrole nitrogens is 1. The first kappa shape index (κ1) is 14.6. The van der Waals surface area contributed by atoms with Crippen molar-refractivity contribution in [3.63, 3.8) is 0 Å². The molecule has 0 spiro atoms. The van der Waals surface area contributed by atoms with Gasteiger partial charge in [0.1, 0.15) is 14.4 Å². The van der Waals surface area contributed by atoms with Gasteiger partial charge in [-0.05, 0) is 29.5 Å². The van der Waals surface area contributed by atoms with Crippen LogP contribution in [0.2, 0.25) is 0 Å². The summed E-state index contributed by atoms with van der Waals surface area (Å²) < 4.78 is 0.671. The number of hydrogen-bond acceptors (Lipinski definition) is 4. The van der Waals surface area contributed by atoms with Crippen LogP contribution in [0.3, 0.4) is 0 Å². The molecule has 0 unspecified atom stereocenters. The maximum Gasteiger partial charge on any atom is 0.264 e. The summed E-state index contributed by atoms with van der Waals surface area (Å²) in [5.74, 6) is 0.685. The van der Waals surface area contributed by atoms with Crippen molar-refractivity contribution in [1.29, 1.82) is 0 Å². The van der Waals surface area contributed by atoms with Crippen LogP contribution in [0.1, 0.15) is 43.0 Å².